The Morgan fingerprint density at radius 2 is 1.82 bits per heavy atom. The molecule has 3 aliphatic rings. The quantitative estimate of drug-likeness (QED) is 0.539. The third-order valence-corrected chi connectivity index (χ3v) is 9.34. The second kappa shape index (κ2) is 8.77. The van der Waals surface area contributed by atoms with Crippen LogP contribution in [0.4, 0.5) is 0 Å². The van der Waals surface area contributed by atoms with E-state index in [9.17, 15) is 5.11 Å². The molecule has 0 radical (unpaired) electrons. The molecule has 2 aromatic carbocycles. The van der Waals surface area contributed by atoms with Crippen LogP contribution in [0.3, 0.4) is 0 Å². The van der Waals surface area contributed by atoms with Gasteiger partial charge in [0.25, 0.3) is 0 Å². The summed E-state index contributed by atoms with van der Waals surface area (Å²) in [6, 6.07) is 11.9. The first kappa shape index (κ1) is 22.4. The van der Waals surface area contributed by atoms with Crippen LogP contribution < -0.4 is 14.2 Å². The summed E-state index contributed by atoms with van der Waals surface area (Å²) in [5, 5.41) is 9.99. The van der Waals surface area contributed by atoms with Crippen molar-refractivity contribution in [3.05, 3.63) is 47.5 Å². The predicted molar refractivity (Wildman–Crippen MR) is 130 cm³/mol. The van der Waals surface area contributed by atoms with Crippen LogP contribution in [-0.4, -0.2) is 25.9 Å². The highest BCUT2D eigenvalue weighted by atomic mass is 16.5. The van der Waals surface area contributed by atoms with Crippen molar-refractivity contribution in [3.63, 3.8) is 0 Å². The highest BCUT2D eigenvalue weighted by molar-refractivity contribution is 5.45. The molecular formula is C29H38O4. The highest BCUT2D eigenvalue weighted by Crippen LogP contribution is 2.64. The Kier molecular flexibility index (Phi) is 5.96. The van der Waals surface area contributed by atoms with Crippen molar-refractivity contribution in [2.45, 2.75) is 58.3 Å². The minimum absolute atomic E-state index is 0.408. The molecule has 178 valence electrons. The monoisotopic (exact) mass is 450 g/mol. The molecule has 4 heteroatoms. The van der Waals surface area contributed by atoms with Gasteiger partial charge in [0.15, 0.2) is 11.5 Å². The van der Waals surface area contributed by atoms with Crippen LogP contribution in [0.2, 0.25) is 0 Å². The van der Waals surface area contributed by atoms with Gasteiger partial charge in [-0.3, -0.25) is 0 Å². The maximum Gasteiger partial charge on any atom is 0.164 e. The molecule has 0 amide bonds. The molecule has 5 rings (SSSR count). The van der Waals surface area contributed by atoms with Gasteiger partial charge >= 0.3 is 0 Å². The Morgan fingerprint density at radius 1 is 1.00 bits per heavy atom. The first-order valence-corrected chi connectivity index (χ1v) is 12.6. The lowest BCUT2D eigenvalue weighted by Crippen LogP contribution is -2.45. The number of phenols is 1. The largest absolute Gasteiger partial charge is 0.508 e. The molecule has 6 atom stereocenters. The summed E-state index contributed by atoms with van der Waals surface area (Å²) in [5.41, 5.74) is 3.30. The summed E-state index contributed by atoms with van der Waals surface area (Å²) in [5.74, 6) is 6.30. The van der Waals surface area contributed by atoms with Crippen LogP contribution in [-0.2, 0) is 6.42 Å². The maximum atomic E-state index is 9.99. The molecule has 2 aromatic rings. The number of benzene rings is 2. The minimum Gasteiger partial charge on any atom is -0.508 e. The van der Waals surface area contributed by atoms with Crippen molar-refractivity contribution < 1.29 is 19.3 Å². The first-order chi connectivity index (χ1) is 15.9. The number of fused-ring (bicyclic) bond motifs is 5. The van der Waals surface area contributed by atoms with Crippen molar-refractivity contribution in [3.8, 4) is 23.0 Å². The molecule has 0 aromatic heterocycles. The Labute approximate surface area is 198 Å². The second-order valence-electron chi connectivity index (χ2n) is 10.8. The van der Waals surface area contributed by atoms with Gasteiger partial charge in [-0.15, -0.1) is 0 Å². The maximum absolute atomic E-state index is 9.99. The standard InChI is InChI=1S/C29H38O4/c1-18-15-19-16-21(30)6-8-23(19)24-11-13-29(2)20(5-9-25(29)28(18)24)12-14-33-22-7-10-26(31-3)27(17-22)32-4/h6-8,10,16-18,20,24-25,28,30H,5,9,11-15H2,1-4H3/t18-,20-,24?,25?,28?,29?/m1/s1. The van der Waals surface area contributed by atoms with E-state index in [4.69, 9.17) is 14.2 Å². The summed E-state index contributed by atoms with van der Waals surface area (Å²) in [7, 11) is 3.31. The fraction of sp³-hybridized carbons (Fsp3) is 0.586. The Hall–Kier alpha value is -2.36. The number of phenolic OH excluding ortho intramolecular Hbond substituents is 1. The van der Waals surface area contributed by atoms with Crippen LogP contribution in [0.25, 0.3) is 0 Å². The van der Waals surface area contributed by atoms with E-state index in [0.717, 1.165) is 48.7 Å². The van der Waals surface area contributed by atoms with Crippen LogP contribution in [0.5, 0.6) is 23.0 Å². The number of hydrogen-bond donors (Lipinski definition) is 1. The summed E-state index contributed by atoms with van der Waals surface area (Å²) in [4.78, 5) is 0. The molecule has 0 bridgehead atoms. The van der Waals surface area contributed by atoms with Gasteiger partial charge in [0.05, 0.1) is 20.8 Å². The second-order valence-corrected chi connectivity index (χ2v) is 10.8. The third-order valence-electron chi connectivity index (χ3n) is 9.34. The van der Waals surface area contributed by atoms with Gasteiger partial charge in [0.2, 0.25) is 0 Å². The summed E-state index contributed by atoms with van der Waals surface area (Å²) in [6.45, 7) is 5.76. The van der Waals surface area contributed by atoms with E-state index < -0.39 is 0 Å². The SMILES string of the molecule is COc1ccc(OCC[C@H]2CCC3C4C(CCC32C)c2ccc(O)cc2C[C@H]4C)cc1OC. The molecule has 1 N–H and O–H groups in total. The van der Waals surface area contributed by atoms with E-state index >= 15 is 0 Å². The fourth-order valence-corrected chi connectivity index (χ4v) is 7.77. The van der Waals surface area contributed by atoms with Gasteiger partial charge in [-0.25, -0.2) is 0 Å². The van der Waals surface area contributed by atoms with Gasteiger partial charge in [-0.05, 0) is 109 Å². The lowest BCUT2D eigenvalue weighted by molar-refractivity contribution is 0.000913. The number of methoxy groups -OCH3 is 2. The molecule has 33 heavy (non-hydrogen) atoms. The molecule has 4 unspecified atom stereocenters. The van der Waals surface area contributed by atoms with Crippen molar-refractivity contribution in [1.82, 2.24) is 0 Å². The number of rotatable bonds is 6. The van der Waals surface area contributed by atoms with Gasteiger partial charge < -0.3 is 19.3 Å². The Bertz CT molecular complexity index is 1000. The molecular weight excluding hydrogens is 412 g/mol. The molecule has 2 saturated carbocycles. The zero-order chi connectivity index (χ0) is 23.2. The number of aromatic hydroxyl groups is 1. The van der Waals surface area contributed by atoms with Crippen molar-refractivity contribution in [2.75, 3.05) is 20.8 Å². The van der Waals surface area contributed by atoms with Crippen molar-refractivity contribution in [1.29, 1.82) is 0 Å². The third kappa shape index (κ3) is 3.86. The van der Waals surface area contributed by atoms with Gasteiger partial charge in [0.1, 0.15) is 11.5 Å². The lowest BCUT2D eigenvalue weighted by Gasteiger charge is -2.53. The minimum atomic E-state index is 0.408. The Balaban J connectivity index is 1.27. The molecule has 0 aliphatic heterocycles. The summed E-state index contributed by atoms with van der Waals surface area (Å²) in [6.07, 6.45) is 7.44. The van der Waals surface area contributed by atoms with E-state index in [1.54, 1.807) is 14.2 Å². The van der Waals surface area contributed by atoms with Crippen LogP contribution in [0, 0.1) is 29.1 Å². The van der Waals surface area contributed by atoms with Gasteiger partial charge in [-0.1, -0.05) is 19.9 Å². The lowest BCUT2D eigenvalue weighted by atomic mass is 9.51. The van der Waals surface area contributed by atoms with Crippen molar-refractivity contribution in [2.24, 2.45) is 29.1 Å². The average Bonchev–Trinajstić information content (AvgIpc) is 3.14. The summed E-state index contributed by atoms with van der Waals surface area (Å²) < 4.78 is 16.9. The topological polar surface area (TPSA) is 47.9 Å². The van der Waals surface area contributed by atoms with Gasteiger partial charge in [-0.2, -0.15) is 0 Å². The average molecular weight is 451 g/mol. The van der Waals surface area contributed by atoms with Crippen molar-refractivity contribution >= 4 is 0 Å². The van der Waals surface area contributed by atoms with Gasteiger partial charge in [0, 0.05) is 6.07 Å². The highest BCUT2D eigenvalue weighted by Gasteiger charge is 2.55. The molecule has 4 nitrogen and oxygen atoms in total. The number of hydrogen-bond acceptors (Lipinski definition) is 4. The van der Waals surface area contributed by atoms with E-state index in [2.05, 4.69) is 19.9 Å². The molecule has 2 fully saturated rings. The normalized spacial score (nSPS) is 32.4. The zero-order valence-corrected chi connectivity index (χ0v) is 20.5. The van der Waals surface area contributed by atoms with Crippen LogP contribution >= 0.6 is 0 Å². The fourth-order valence-electron chi connectivity index (χ4n) is 7.77. The molecule has 0 saturated heterocycles. The predicted octanol–water partition coefficient (Wildman–Crippen LogP) is 6.60. The zero-order valence-electron chi connectivity index (χ0n) is 20.5. The van der Waals surface area contributed by atoms with E-state index in [-0.39, 0.29) is 0 Å². The van der Waals surface area contributed by atoms with E-state index in [0.29, 0.717) is 28.7 Å². The van der Waals surface area contributed by atoms with E-state index in [1.165, 1.54) is 36.8 Å². The first-order valence-electron chi connectivity index (χ1n) is 12.6. The molecule has 0 heterocycles. The van der Waals surface area contributed by atoms with Crippen LogP contribution in [0.1, 0.15) is 63.0 Å². The summed E-state index contributed by atoms with van der Waals surface area (Å²) >= 11 is 0. The molecule has 3 aliphatic carbocycles. The van der Waals surface area contributed by atoms with Crippen LogP contribution in [0.15, 0.2) is 36.4 Å². The number of ether oxygens (including phenoxy) is 3. The molecule has 0 spiro atoms. The smallest absolute Gasteiger partial charge is 0.164 e. The van der Waals surface area contributed by atoms with E-state index in [1.807, 2.05) is 30.3 Å². The Morgan fingerprint density at radius 3 is 2.61 bits per heavy atom.